The number of carbonyl (C=O) groups is 4. The van der Waals surface area contributed by atoms with E-state index in [0.29, 0.717) is 24.2 Å². The molecule has 2 unspecified atom stereocenters. The zero-order chi connectivity index (χ0) is 22.4. The highest BCUT2D eigenvalue weighted by Crippen LogP contribution is 2.33. The lowest BCUT2D eigenvalue weighted by molar-refractivity contribution is -0.136. The standard InChI is InChI=1S/C24H24N4O4/c25-16-9-8-14-4-1-2-7-18(14)27(13-16)12-15-5-3-6-17-21(15)24(32)28(23(17)31)19-10-11-20(29)26-22(19)30/h1-7,16,19H,8-13,25H2,(H,26,29,30). The normalized spacial score (nSPS) is 23.0. The van der Waals surface area contributed by atoms with Gasteiger partial charge in [0.15, 0.2) is 0 Å². The van der Waals surface area contributed by atoms with Crippen molar-refractivity contribution >= 4 is 29.3 Å². The molecule has 3 aliphatic rings. The third-order valence-electron chi connectivity index (χ3n) is 6.49. The molecule has 1 saturated heterocycles. The van der Waals surface area contributed by atoms with Crippen LogP contribution < -0.4 is 16.0 Å². The monoisotopic (exact) mass is 432 g/mol. The van der Waals surface area contributed by atoms with Gasteiger partial charge in [0.25, 0.3) is 11.8 Å². The number of rotatable bonds is 3. The molecule has 3 N–H and O–H groups in total. The van der Waals surface area contributed by atoms with Crippen molar-refractivity contribution in [3.63, 3.8) is 0 Å². The van der Waals surface area contributed by atoms with Crippen LogP contribution in [0.5, 0.6) is 0 Å². The van der Waals surface area contributed by atoms with Gasteiger partial charge in [-0.2, -0.15) is 0 Å². The van der Waals surface area contributed by atoms with Gasteiger partial charge in [-0.1, -0.05) is 30.3 Å². The number of nitrogens with zero attached hydrogens (tertiary/aromatic N) is 2. The van der Waals surface area contributed by atoms with E-state index in [0.717, 1.165) is 29.0 Å². The Hall–Kier alpha value is -3.52. The highest BCUT2D eigenvalue weighted by Gasteiger charge is 2.45. The summed E-state index contributed by atoms with van der Waals surface area (Å²) in [5, 5.41) is 2.23. The Morgan fingerprint density at radius 2 is 1.75 bits per heavy atom. The number of imide groups is 2. The Morgan fingerprint density at radius 3 is 2.56 bits per heavy atom. The molecule has 1 fully saturated rings. The van der Waals surface area contributed by atoms with E-state index >= 15 is 0 Å². The fraction of sp³-hybridized carbons (Fsp3) is 0.333. The zero-order valence-corrected chi connectivity index (χ0v) is 17.5. The van der Waals surface area contributed by atoms with E-state index in [1.165, 1.54) is 5.56 Å². The van der Waals surface area contributed by atoms with E-state index in [2.05, 4.69) is 22.3 Å². The van der Waals surface area contributed by atoms with Gasteiger partial charge >= 0.3 is 0 Å². The molecule has 0 bridgehead atoms. The summed E-state index contributed by atoms with van der Waals surface area (Å²) in [7, 11) is 0. The van der Waals surface area contributed by atoms with Crippen molar-refractivity contribution < 1.29 is 19.2 Å². The van der Waals surface area contributed by atoms with Crippen LogP contribution in [0.4, 0.5) is 5.69 Å². The van der Waals surface area contributed by atoms with Crippen LogP contribution in [-0.2, 0) is 22.6 Å². The van der Waals surface area contributed by atoms with Gasteiger partial charge in [0.2, 0.25) is 11.8 Å². The molecule has 3 heterocycles. The molecule has 4 amide bonds. The van der Waals surface area contributed by atoms with Gasteiger partial charge in [0.05, 0.1) is 11.1 Å². The third kappa shape index (κ3) is 3.36. The van der Waals surface area contributed by atoms with E-state index in [1.54, 1.807) is 12.1 Å². The Bertz CT molecular complexity index is 1140. The summed E-state index contributed by atoms with van der Waals surface area (Å²) in [5.41, 5.74) is 9.96. The molecular weight excluding hydrogens is 408 g/mol. The predicted molar refractivity (Wildman–Crippen MR) is 117 cm³/mol. The summed E-state index contributed by atoms with van der Waals surface area (Å²) in [6.07, 6.45) is 2.00. The molecule has 164 valence electrons. The van der Waals surface area contributed by atoms with Crippen molar-refractivity contribution in [2.24, 2.45) is 5.73 Å². The van der Waals surface area contributed by atoms with Gasteiger partial charge in [0.1, 0.15) is 6.04 Å². The van der Waals surface area contributed by atoms with Crippen molar-refractivity contribution in [2.75, 3.05) is 11.4 Å². The van der Waals surface area contributed by atoms with Crippen LogP contribution in [0.25, 0.3) is 0 Å². The molecule has 3 aliphatic heterocycles. The average molecular weight is 432 g/mol. The number of para-hydroxylation sites is 1. The number of nitrogens with one attached hydrogen (secondary N) is 1. The second kappa shape index (κ2) is 7.87. The van der Waals surface area contributed by atoms with Crippen molar-refractivity contribution in [3.05, 3.63) is 64.7 Å². The van der Waals surface area contributed by atoms with E-state index in [1.807, 2.05) is 18.2 Å². The average Bonchev–Trinajstić information content (AvgIpc) is 2.92. The number of hydrogen-bond donors (Lipinski definition) is 2. The van der Waals surface area contributed by atoms with Gasteiger partial charge in [-0.05, 0) is 42.5 Å². The second-order valence-electron chi connectivity index (χ2n) is 8.59. The number of carbonyl (C=O) groups excluding carboxylic acids is 4. The highest BCUT2D eigenvalue weighted by atomic mass is 16.2. The van der Waals surface area contributed by atoms with Crippen LogP contribution in [-0.4, -0.2) is 47.2 Å². The van der Waals surface area contributed by atoms with Gasteiger partial charge in [-0.15, -0.1) is 0 Å². The summed E-state index contributed by atoms with van der Waals surface area (Å²) in [5.74, 6) is -1.97. The minimum Gasteiger partial charge on any atom is -0.365 e. The molecule has 2 atom stereocenters. The van der Waals surface area contributed by atoms with Crippen molar-refractivity contribution in [2.45, 2.75) is 44.3 Å². The van der Waals surface area contributed by atoms with Crippen molar-refractivity contribution in [3.8, 4) is 0 Å². The quantitative estimate of drug-likeness (QED) is 0.709. The first kappa shape index (κ1) is 20.4. The van der Waals surface area contributed by atoms with Gasteiger partial charge < -0.3 is 10.6 Å². The number of fused-ring (bicyclic) bond motifs is 2. The molecule has 2 aromatic rings. The molecule has 0 saturated carbocycles. The second-order valence-corrected chi connectivity index (χ2v) is 8.59. The molecule has 0 aliphatic carbocycles. The highest BCUT2D eigenvalue weighted by molar-refractivity contribution is 6.24. The maximum atomic E-state index is 13.4. The first-order valence-electron chi connectivity index (χ1n) is 10.9. The van der Waals surface area contributed by atoms with E-state index in [9.17, 15) is 19.2 Å². The van der Waals surface area contributed by atoms with Crippen LogP contribution in [0.2, 0.25) is 0 Å². The smallest absolute Gasteiger partial charge is 0.262 e. The number of benzene rings is 2. The Balaban J connectivity index is 1.49. The van der Waals surface area contributed by atoms with Crippen LogP contribution in [0.1, 0.15) is 51.1 Å². The number of amides is 4. The lowest BCUT2D eigenvalue weighted by atomic mass is 10.0. The Kier molecular flexibility index (Phi) is 5.01. The molecular formula is C24H24N4O4. The zero-order valence-electron chi connectivity index (χ0n) is 17.5. The van der Waals surface area contributed by atoms with Gasteiger partial charge in [-0.3, -0.25) is 29.4 Å². The lowest BCUT2D eigenvalue weighted by Crippen LogP contribution is -2.54. The number of aryl methyl sites for hydroxylation is 1. The molecule has 8 heteroatoms. The molecule has 32 heavy (non-hydrogen) atoms. The molecule has 5 rings (SSSR count). The maximum Gasteiger partial charge on any atom is 0.262 e. The summed E-state index contributed by atoms with van der Waals surface area (Å²) in [6, 6.07) is 12.4. The van der Waals surface area contributed by atoms with E-state index in [-0.39, 0.29) is 24.8 Å². The van der Waals surface area contributed by atoms with Crippen LogP contribution >= 0.6 is 0 Å². The molecule has 0 aromatic heterocycles. The van der Waals surface area contributed by atoms with Crippen LogP contribution in [0.3, 0.4) is 0 Å². The van der Waals surface area contributed by atoms with E-state index in [4.69, 9.17) is 5.73 Å². The molecule has 0 radical (unpaired) electrons. The SMILES string of the molecule is NC1CCc2ccccc2N(Cc2cccc3c2C(=O)N(C2CCC(=O)NC2=O)C3=O)C1. The number of nitrogens with two attached hydrogens (primary N) is 1. The van der Waals surface area contributed by atoms with Crippen molar-refractivity contribution in [1.82, 2.24) is 10.2 Å². The van der Waals surface area contributed by atoms with Crippen LogP contribution in [0, 0.1) is 0 Å². The topological polar surface area (TPSA) is 113 Å². The Morgan fingerprint density at radius 1 is 0.938 bits per heavy atom. The summed E-state index contributed by atoms with van der Waals surface area (Å²) < 4.78 is 0. The van der Waals surface area contributed by atoms with E-state index < -0.39 is 23.8 Å². The Labute approximate surface area is 185 Å². The fourth-order valence-corrected chi connectivity index (χ4v) is 4.92. The lowest BCUT2D eigenvalue weighted by Gasteiger charge is -2.28. The number of piperidine rings is 1. The largest absolute Gasteiger partial charge is 0.365 e. The minimum atomic E-state index is -0.972. The summed E-state index contributed by atoms with van der Waals surface area (Å²) in [6.45, 7) is 1.07. The first-order valence-corrected chi connectivity index (χ1v) is 10.9. The molecule has 0 spiro atoms. The summed E-state index contributed by atoms with van der Waals surface area (Å²) >= 11 is 0. The van der Waals surface area contributed by atoms with Crippen molar-refractivity contribution in [1.29, 1.82) is 0 Å². The number of anilines is 1. The maximum absolute atomic E-state index is 13.4. The third-order valence-corrected chi connectivity index (χ3v) is 6.49. The minimum absolute atomic E-state index is 0.00327. The molecule has 8 nitrogen and oxygen atoms in total. The molecule has 2 aromatic carbocycles. The van der Waals surface area contributed by atoms with Gasteiger partial charge in [0, 0.05) is 31.2 Å². The predicted octanol–water partition coefficient (Wildman–Crippen LogP) is 1.37. The number of hydrogen-bond acceptors (Lipinski definition) is 6. The van der Waals surface area contributed by atoms with Crippen LogP contribution in [0.15, 0.2) is 42.5 Å². The van der Waals surface area contributed by atoms with Gasteiger partial charge in [-0.25, -0.2) is 0 Å². The first-order chi connectivity index (χ1) is 15.4. The fourth-order valence-electron chi connectivity index (χ4n) is 4.92. The summed E-state index contributed by atoms with van der Waals surface area (Å²) in [4.78, 5) is 53.5.